The number of halogens is 1. The van der Waals surface area contributed by atoms with E-state index in [2.05, 4.69) is 5.32 Å². The van der Waals surface area contributed by atoms with Crippen LogP contribution in [0.4, 0.5) is 10.1 Å². The molecule has 0 fully saturated rings. The van der Waals surface area contributed by atoms with Crippen molar-refractivity contribution in [1.29, 1.82) is 0 Å². The molecule has 2 aromatic carbocycles. The number of hydrogen-bond donors (Lipinski definition) is 2. The van der Waals surface area contributed by atoms with E-state index in [4.69, 9.17) is 0 Å². The van der Waals surface area contributed by atoms with E-state index in [1.54, 1.807) is 31.2 Å². The lowest BCUT2D eigenvalue weighted by Crippen LogP contribution is -2.20. The lowest BCUT2D eigenvalue weighted by atomic mass is 10.0. The summed E-state index contributed by atoms with van der Waals surface area (Å²) in [7, 11) is 0. The van der Waals surface area contributed by atoms with Crippen molar-refractivity contribution in [3.63, 3.8) is 0 Å². The summed E-state index contributed by atoms with van der Waals surface area (Å²) < 4.78 is 13.4. The van der Waals surface area contributed by atoms with Crippen LogP contribution in [0.5, 0.6) is 0 Å². The lowest BCUT2D eigenvalue weighted by Gasteiger charge is -2.17. The maximum Gasteiger partial charge on any atom is 0.330 e. The Bertz CT molecular complexity index is 620. The molecule has 1 unspecified atom stereocenters. The Kier molecular flexibility index (Phi) is 4.03. The van der Waals surface area contributed by atoms with Crippen molar-refractivity contribution in [2.75, 3.05) is 5.32 Å². The number of nitrogens with one attached hydrogen (secondary N) is 1. The fourth-order valence-electron chi connectivity index (χ4n) is 2.12. The van der Waals surface area contributed by atoms with Crippen molar-refractivity contribution in [3.8, 4) is 0 Å². The van der Waals surface area contributed by atoms with Crippen LogP contribution in [0.1, 0.15) is 22.7 Å². The van der Waals surface area contributed by atoms with Gasteiger partial charge in [-0.3, -0.25) is 0 Å². The summed E-state index contributed by atoms with van der Waals surface area (Å²) >= 11 is 0. The van der Waals surface area contributed by atoms with Crippen LogP contribution < -0.4 is 5.32 Å². The van der Waals surface area contributed by atoms with Gasteiger partial charge in [-0.1, -0.05) is 29.8 Å². The van der Waals surface area contributed by atoms with E-state index < -0.39 is 12.0 Å². The van der Waals surface area contributed by atoms with Crippen LogP contribution in [0.25, 0.3) is 0 Å². The SMILES string of the molecule is Cc1cc(F)cc(NC(C(=O)O)c2cccc(C)c2)c1. The molecule has 2 rings (SSSR count). The zero-order chi connectivity index (χ0) is 14.7. The molecule has 0 radical (unpaired) electrons. The topological polar surface area (TPSA) is 49.3 Å². The average Bonchev–Trinajstić information content (AvgIpc) is 2.34. The molecule has 0 heterocycles. The Hall–Kier alpha value is -2.36. The highest BCUT2D eigenvalue weighted by molar-refractivity contribution is 5.79. The minimum Gasteiger partial charge on any atom is -0.479 e. The first-order chi connectivity index (χ1) is 9.45. The highest BCUT2D eigenvalue weighted by Crippen LogP contribution is 2.22. The predicted molar refractivity (Wildman–Crippen MR) is 76.3 cm³/mol. The molecule has 0 aromatic heterocycles. The second-order valence-electron chi connectivity index (χ2n) is 4.85. The van der Waals surface area contributed by atoms with E-state index in [0.717, 1.165) is 11.1 Å². The molecule has 2 aromatic rings. The van der Waals surface area contributed by atoms with Crippen LogP contribution in [-0.2, 0) is 4.79 Å². The molecular formula is C16H16FNO2. The fraction of sp³-hybridized carbons (Fsp3) is 0.188. The molecule has 0 spiro atoms. The Morgan fingerprint density at radius 3 is 2.50 bits per heavy atom. The minimum atomic E-state index is -1.00. The summed E-state index contributed by atoms with van der Waals surface area (Å²) in [6.07, 6.45) is 0. The van der Waals surface area contributed by atoms with E-state index in [0.29, 0.717) is 11.3 Å². The molecule has 0 bridgehead atoms. The smallest absolute Gasteiger partial charge is 0.330 e. The number of carboxylic acids is 1. The van der Waals surface area contributed by atoms with Gasteiger partial charge in [0.05, 0.1) is 0 Å². The summed E-state index contributed by atoms with van der Waals surface area (Å²) in [6.45, 7) is 3.66. The quantitative estimate of drug-likeness (QED) is 0.893. The van der Waals surface area contributed by atoms with E-state index in [1.165, 1.54) is 12.1 Å². The number of hydrogen-bond acceptors (Lipinski definition) is 2. The number of benzene rings is 2. The molecule has 20 heavy (non-hydrogen) atoms. The number of anilines is 1. The number of aryl methyl sites for hydroxylation is 2. The fourth-order valence-corrected chi connectivity index (χ4v) is 2.12. The van der Waals surface area contributed by atoms with E-state index in [-0.39, 0.29) is 5.82 Å². The van der Waals surface area contributed by atoms with Crippen molar-refractivity contribution in [1.82, 2.24) is 0 Å². The third kappa shape index (κ3) is 3.35. The third-order valence-corrected chi connectivity index (χ3v) is 2.98. The summed E-state index contributed by atoms with van der Waals surface area (Å²) in [6, 6.07) is 10.7. The second kappa shape index (κ2) is 5.74. The maximum atomic E-state index is 13.4. The molecule has 0 aliphatic heterocycles. The second-order valence-corrected chi connectivity index (χ2v) is 4.85. The zero-order valence-corrected chi connectivity index (χ0v) is 11.4. The van der Waals surface area contributed by atoms with Crippen molar-refractivity contribution in [2.45, 2.75) is 19.9 Å². The van der Waals surface area contributed by atoms with Crippen molar-refractivity contribution in [2.24, 2.45) is 0 Å². The molecule has 0 amide bonds. The number of aliphatic carboxylic acids is 1. The molecule has 4 heteroatoms. The molecule has 0 aliphatic rings. The summed E-state index contributed by atoms with van der Waals surface area (Å²) in [5, 5.41) is 12.2. The largest absolute Gasteiger partial charge is 0.479 e. The molecule has 2 N–H and O–H groups in total. The number of carbonyl (C=O) groups is 1. The van der Waals surface area contributed by atoms with Gasteiger partial charge in [-0.2, -0.15) is 0 Å². The summed E-state index contributed by atoms with van der Waals surface area (Å²) in [4.78, 5) is 11.4. The van der Waals surface area contributed by atoms with Gasteiger partial charge in [0.2, 0.25) is 0 Å². The molecule has 3 nitrogen and oxygen atoms in total. The van der Waals surface area contributed by atoms with Gasteiger partial charge in [-0.25, -0.2) is 9.18 Å². The first-order valence-corrected chi connectivity index (χ1v) is 6.29. The minimum absolute atomic E-state index is 0.388. The maximum absolute atomic E-state index is 13.4. The summed E-state index contributed by atoms with van der Waals surface area (Å²) in [5.74, 6) is -1.39. The zero-order valence-electron chi connectivity index (χ0n) is 11.4. The van der Waals surface area contributed by atoms with Gasteiger partial charge >= 0.3 is 5.97 Å². The highest BCUT2D eigenvalue weighted by Gasteiger charge is 2.19. The normalized spacial score (nSPS) is 11.9. The van der Waals surface area contributed by atoms with Gasteiger partial charge < -0.3 is 10.4 Å². The van der Waals surface area contributed by atoms with Crippen LogP contribution in [0.3, 0.4) is 0 Å². The number of carboxylic acid groups (broad SMARTS) is 1. The van der Waals surface area contributed by atoms with Crippen LogP contribution in [0.15, 0.2) is 42.5 Å². The van der Waals surface area contributed by atoms with Crippen LogP contribution in [-0.4, -0.2) is 11.1 Å². The molecular weight excluding hydrogens is 257 g/mol. The molecule has 104 valence electrons. The van der Waals surface area contributed by atoms with Crippen LogP contribution >= 0.6 is 0 Å². The molecule has 0 aliphatic carbocycles. The van der Waals surface area contributed by atoms with Gasteiger partial charge in [0.15, 0.2) is 6.04 Å². The number of rotatable bonds is 4. The first kappa shape index (κ1) is 14.1. The Morgan fingerprint density at radius 1 is 1.15 bits per heavy atom. The predicted octanol–water partition coefficient (Wildman–Crippen LogP) is 3.68. The van der Waals surface area contributed by atoms with E-state index in [9.17, 15) is 14.3 Å². The van der Waals surface area contributed by atoms with Crippen LogP contribution in [0, 0.1) is 19.7 Å². The standard InChI is InChI=1S/C16H16FNO2/c1-10-4-3-5-12(6-10)15(16(19)20)18-14-8-11(2)7-13(17)9-14/h3-9,15,18H,1-2H3,(H,19,20). The Labute approximate surface area is 117 Å². The van der Waals surface area contributed by atoms with Crippen molar-refractivity contribution >= 4 is 11.7 Å². The van der Waals surface area contributed by atoms with E-state index in [1.807, 2.05) is 13.0 Å². The lowest BCUT2D eigenvalue weighted by molar-refractivity contribution is -0.138. The molecule has 0 saturated carbocycles. The average molecular weight is 273 g/mol. The summed E-state index contributed by atoms with van der Waals surface area (Å²) in [5.41, 5.74) is 2.81. The molecule has 1 atom stereocenters. The Balaban J connectivity index is 2.33. The van der Waals surface area contributed by atoms with E-state index >= 15 is 0 Å². The van der Waals surface area contributed by atoms with Gasteiger partial charge in [0.1, 0.15) is 5.82 Å². The van der Waals surface area contributed by atoms with Gasteiger partial charge in [-0.05, 0) is 43.2 Å². The highest BCUT2D eigenvalue weighted by atomic mass is 19.1. The molecule has 0 saturated heterocycles. The Morgan fingerprint density at radius 2 is 1.90 bits per heavy atom. The third-order valence-electron chi connectivity index (χ3n) is 2.98. The van der Waals surface area contributed by atoms with Gasteiger partial charge in [-0.15, -0.1) is 0 Å². The van der Waals surface area contributed by atoms with Crippen molar-refractivity contribution < 1.29 is 14.3 Å². The van der Waals surface area contributed by atoms with Crippen molar-refractivity contribution in [3.05, 3.63) is 65.0 Å². The van der Waals surface area contributed by atoms with Gasteiger partial charge in [0.25, 0.3) is 0 Å². The first-order valence-electron chi connectivity index (χ1n) is 6.29. The monoisotopic (exact) mass is 273 g/mol. The van der Waals surface area contributed by atoms with Gasteiger partial charge in [0, 0.05) is 5.69 Å². The van der Waals surface area contributed by atoms with Crippen LogP contribution in [0.2, 0.25) is 0 Å².